The molecule has 3 rings (SSSR count). The molecular formula is C14H19N5OS. The molecule has 0 spiro atoms. The second-order valence-corrected chi connectivity index (χ2v) is 6.27. The number of nitrogens with zero attached hydrogens (tertiary/aromatic N) is 4. The summed E-state index contributed by atoms with van der Waals surface area (Å²) in [5.41, 5.74) is 2.46. The van der Waals surface area contributed by atoms with Gasteiger partial charge in [0, 0.05) is 6.07 Å². The summed E-state index contributed by atoms with van der Waals surface area (Å²) in [6, 6.07) is 2.21. The molecule has 7 heteroatoms. The minimum atomic E-state index is -0.107. The van der Waals surface area contributed by atoms with Crippen molar-refractivity contribution in [1.29, 1.82) is 0 Å². The van der Waals surface area contributed by atoms with Crippen LogP contribution in [0.5, 0.6) is 0 Å². The van der Waals surface area contributed by atoms with Gasteiger partial charge >= 0.3 is 0 Å². The third-order valence-corrected chi connectivity index (χ3v) is 4.82. The Labute approximate surface area is 127 Å². The monoisotopic (exact) mass is 305 g/mol. The van der Waals surface area contributed by atoms with Gasteiger partial charge in [0.25, 0.3) is 5.91 Å². The summed E-state index contributed by atoms with van der Waals surface area (Å²) >= 11 is 1.36. The van der Waals surface area contributed by atoms with E-state index in [4.69, 9.17) is 0 Å². The third-order valence-electron chi connectivity index (χ3n) is 3.90. The molecule has 0 bridgehead atoms. The second kappa shape index (κ2) is 5.95. The van der Waals surface area contributed by atoms with Gasteiger partial charge in [0.2, 0.25) is 0 Å². The zero-order valence-electron chi connectivity index (χ0n) is 12.2. The molecule has 21 heavy (non-hydrogen) atoms. The van der Waals surface area contributed by atoms with Crippen molar-refractivity contribution >= 4 is 23.1 Å². The Bertz CT molecular complexity index is 627. The summed E-state index contributed by atoms with van der Waals surface area (Å²) in [5, 5.41) is 7.35. The van der Waals surface area contributed by atoms with Crippen LogP contribution in [-0.4, -0.2) is 45.7 Å². The number of carbonyl (C=O) groups is 1. The first-order valence-corrected chi connectivity index (χ1v) is 7.96. The molecule has 0 aromatic carbocycles. The van der Waals surface area contributed by atoms with Crippen molar-refractivity contribution in [2.45, 2.75) is 25.8 Å². The highest BCUT2D eigenvalue weighted by molar-refractivity contribution is 7.12. The molecule has 0 aliphatic carbocycles. The fraction of sp³-hybridized carbons (Fsp3) is 0.500. The summed E-state index contributed by atoms with van der Waals surface area (Å²) in [5.74, 6) is 0.659. The number of piperidine rings is 1. The van der Waals surface area contributed by atoms with Crippen LogP contribution >= 0.6 is 11.3 Å². The van der Waals surface area contributed by atoms with Crippen LogP contribution in [0, 0.1) is 6.92 Å². The van der Waals surface area contributed by atoms with E-state index in [0.29, 0.717) is 10.9 Å². The molecule has 1 fully saturated rings. The van der Waals surface area contributed by atoms with E-state index in [-0.39, 0.29) is 5.91 Å². The second-order valence-electron chi connectivity index (χ2n) is 5.42. The Morgan fingerprint density at radius 2 is 2.19 bits per heavy atom. The van der Waals surface area contributed by atoms with Gasteiger partial charge in [0.15, 0.2) is 0 Å². The first-order chi connectivity index (χ1) is 10.1. The Morgan fingerprint density at radius 1 is 1.43 bits per heavy atom. The molecule has 1 aliphatic rings. The molecule has 1 saturated heterocycles. The zero-order valence-corrected chi connectivity index (χ0v) is 13.1. The van der Waals surface area contributed by atoms with Crippen LogP contribution in [0.2, 0.25) is 0 Å². The van der Waals surface area contributed by atoms with Gasteiger partial charge in [0.1, 0.15) is 10.7 Å². The lowest BCUT2D eigenvalue weighted by Gasteiger charge is -2.29. The predicted octanol–water partition coefficient (Wildman–Crippen LogP) is 2.17. The number of rotatable bonds is 3. The van der Waals surface area contributed by atoms with Crippen LogP contribution < -0.4 is 5.32 Å². The Morgan fingerprint density at radius 3 is 2.86 bits per heavy atom. The normalized spacial score (nSPS) is 17.0. The van der Waals surface area contributed by atoms with Gasteiger partial charge in [-0.15, -0.1) is 11.3 Å². The van der Waals surface area contributed by atoms with Crippen molar-refractivity contribution in [1.82, 2.24) is 19.7 Å². The topological polar surface area (TPSA) is 63.1 Å². The maximum atomic E-state index is 12.3. The summed E-state index contributed by atoms with van der Waals surface area (Å²) in [6.45, 7) is 3.97. The van der Waals surface area contributed by atoms with Gasteiger partial charge in [0.05, 0.1) is 23.4 Å². The standard InChI is InChI=1S/C14H19N5OS/c1-10-13(21-9-15-10)14(20)17-12-3-6-16-19(12)11-4-7-18(2)8-5-11/h3,6,9,11H,4-5,7-8H2,1-2H3,(H,17,20). The van der Waals surface area contributed by atoms with Crippen molar-refractivity contribution in [2.75, 3.05) is 25.5 Å². The Hall–Kier alpha value is -1.73. The molecule has 6 nitrogen and oxygen atoms in total. The molecule has 0 saturated carbocycles. The van der Waals surface area contributed by atoms with Crippen LogP contribution in [0.1, 0.15) is 34.2 Å². The summed E-state index contributed by atoms with van der Waals surface area (Å²) in [4.78, 5) is 19.4. The highest BCUT2D eigenvalue weighted by Crippen LogP contribution is 2.25. The van der Waals surface area contributed by atoms with Crippen LogP contribution in [0.4, 0.5) is 5.82 Å². The highest BCUT2D eigenvalue weighted by Gasteiger charge is 2.22. The number of anilines is 1. The molecule has 2 aromatic rings. The lowest BCUT2D eigenvalue weighted by molar-refractivity contribution is 0.102. The molecule has 112 valence electrons. The molecule has 1 aliphatic heterocycles. The van der Waals surface area contributed by atoms with Crippen LogP contribution in [0.15, 0.2) is 17.8 Å². The van der Waals surface area contributed by atoms with Crippen molar-refractivity contribution in [2.24, 2.45) is 0 Å². The number of thiazole rings is 1. The summed E-state index contributed by atoms with van der Waals surface area (Å²) in [7, 11) is 2.13. The van der Waals surface area contributed by atoms with Crippen molar-refractivity contribution in [3.63, 3.8) is 0 Å². The van der Waals surface area contributed by atoms with E-state index in [1.165, 1.54) is 11.3 Å². The SMILES string of the molecule is Cc1ncsc1C(=O)Nc1ccnn1C1CCN(C)CC1. The van der Waals surface area contributed by atoms with E-state index in [0.717, 1.165) is 37.4 Å². The van der Waals surface area contributed by atoms with Gasteiger partial charge in [-0.3, -0.25) is 4.79 Å². The van der Waals surface area contributed by atoms with E-state index >= 15 is 0 Å². The first kappa shape index (κ1) is 14.2. The predicted molar refractivity (Wildman–Crippen MR) is 82.8 cm³/mol. The van der Waals surface area contributed by atoms with E-state index < -0.39 is 0 Å². The zero-order chi connectivity index (χ0) is 14.8. The molecule has 1 N–H and O–H groups in total. The van der Waals surface area contributed by atoms with Crippen LogP contribution in [-0.2, 0) is 0 Å². The molecule has 0 radical (unpaired) electrons. The fourth-order valence-corrected chi connectivity index (χ4v) is 3.33. The maximum absolute atomic E-state index is 12.3. The van der Waals surface area contributed by atoms with E-state index in [9.17, 15) is 4.79 Å². The Balaban J connectivity index is 1.74. The van der Waals surface area contributed by atoms with Crippen molar-refractivity contribution in [3.8, 4) is 0 Å². The van der Waals surface area contributed by atoms with Crippen LogP contribution in [0.25, 0.3) is 0 Å². The minimum absolute atomic E-state index is 0.107. The number of hydrogen-bond donors (Lipinski definition) is 1. The number of aromatic nitrogens is 3. The van der Waals surface area contributed by atoms with E-state index in [2.05, 4.69) is 27.3 Å². The number of amides is 1. The number of carbonyl (C=O) groups excluding carboxylic acids is 1. The smallest absolute Gasteiger partial charge is 0.268 e. The lowest BCUT2D eigenvalue weighted by Crippen LogP contribution is -2.32. The van der Waals surface area contributed by atoms with Crippen molar-refractivity contribution in [3.05, 3.63) is 28.3 Å². The van der Waals surface area contributed by atoms with Gasteiger partial charge in [-0.1, -0.05) is 0 Å². The molecule has 3 heterocycles. The number of likely N-dealkylation sites (tertiary alicyclic amines) is 1. The highest BCUT2D eigenvalue weighted by atomic mass is 32.1. The van der Waals surface area contributed by atoms with E-state index in [1.807, 2.05) is 17.7 Å². The summed E-state index contributed by atoms with van der Waals surface area (Å²) in [6.07, 6.45) is 3.86. The van der Waals surface area contributed by atoms with E-state index in [1.54, 1.807) is 11.7 Å². The van der Waals surface area contributed by atoms with Crippen LogP contribution in [0.3, 0.4) is 0 Å². The number of aryl methyl sites for hydroxylation is 1. The molecular weight excluding hydrogens is 286 g/mol. The number of hydrogen-bond acceptors (Lipinski definition) is 5. The molecule has 2 aromatic heterocycles. The largest absolute Gasteiger partial charge is 0.306 e. The third kappa shape index (κ3) is 2.98. The molecule has 0 atom stereocenters. The molecule has 1 amide bonds. The average molecular weight is 305 g/mol. The first-order valence-electron chi connectivity index (χ1n) is 7.08. The number of nitrogens with one attached hydrogen (secondary N) is 1. The summed E-state index contributed by atoms with van der Waals surface area (Å²) < 4.78 is 1.95. The van der Waals surface area contributed by atoms with Gasteiger partial charge < -0.3 is 10.2 Å². The average Bonchev–Trinajstić information content (AvgIpc) is 3.09. The van der Waals surface area contributed by atoms with Gasteiger partial charge in [-0.2, -0.15) is 5.10 Å². The quantitative estimate of drug-likeness (QED) is 0.944. The lowest BCUT2D eigenvalue weighted by atomic mass is 10.1. The van der Waals surface area contributed by atoms with Gasteiger partial charge in [-0.05, 0) is 39.9 Å². The fourth-order valence-electron chi connectivity index (χ4n) is 2.64. The Kier molecular flexibility index (Phi) is 4.03. The maximum Gasteiger partial charge on any atom is 0.268 e. The van der Waals surface area contributed by atoms with Crippen molar-refractivity contribution < 1.29 is 4.79 Å². The minimum Gasteiger partial charge on any atom is -0.306 e. The van der Waals surface area contributed by atoms with Gasteiger partial charge in [-0.25, -0.2) is 9.67 Å². The molecule has 0 unspecified atom stereocenters.